The lowest BCUT2D eigenvalue weighted by molar-refractivity contribution is -0.139. The van der Waals surface area contributed by atoms with E-state index in [2.05, 4.69) is 5.32 Å². The standard InChI is InChI=1S/C12H14N2O3/c1-8(12(15)16)14-7-9-3-4-10(6-13)11(5-9)17-2/h3-5,8,14H,7H2,1-2H3,(H,15,16)/t8-/m0/s1. The first-order valence-corrected chi connectivity index (χ1v) is 5.11. The minimum Gasteiger partial charge on any atom is -0.495 e. The van der Waals surface area contributed by atoms with Gasteiger partial charge in [-0.05, 0) is 24.6 Å². The predicted molar refractivity (Wildman–Crippen MR) is 61.6 cm³/mol. The summed E-state index contributed by atoms with van der Waals surface area (Å²) < 4.78 is 5.06. The Bertz CT molecular complexity index is 452. The fourth-order valence-electron chi connectivity index (χ4n) is 1.30. The number of benzene rings is 1. The molecule has 0 heterocycles. The van der Waals surface area contributed by atoms with Crippen LogP contribution in [0.5, 0.6) is 5.75 Å². The number of nitrogens with one attached hydrogen (secondary N) is 1. The summed E-state index contributed by atoms with van der Waals surface area (Å²) in [6.07, 6.45) is 0. The lowest BCUT2D eigenvalue weighted by Gasteiger charge is -2.10. The van der Waals surface area contributed by atoms with Crippen molar-refractivity contribution in [2.45, 2.75) is 19.5 Å². The average molecular weight is 234 g/mol. The second kappa shape index (κ2) is 5.87. The van der Waals surface area contributed by atoms with E-state index in [-0.39, 0.29) is 0 Å². The van der Waals surface area contributed by atoms with Gasteiger partial charge in [-0.2, -0.15) is 5.26 Å². The van der Waals surface area contributed by atoms with Crippen molar-refractivity contribution < 1.29 is 14.6 Å². The van der Waals surface area contributed by atoms with E-state index in [0.717, 1.165) is 5.56 Å². The second-order valence-electron chi connectivity index (χ2n) is 3.59. The molecule has 0 bridgehead atoms. The molecule has 1 rings (SSSR count). The molecule has 5 heteroatoms. The maximum Gasteiger partial charge on any atom is 0.320 e. The smallest absolute Gasteiger partial charge is 0.320 e. The third-order valence-corrected chi connectivity index (χ3v) is 2.37. The van der Waals surface area contributed by atoms with Gasteiger partial charge in [-0.15, -0.1) is 0 Å². The zero-order valence-electron chi connectivity index (χ0n) is 9.73. The largest absolute Gasteiger partial charge is 0.495 e. The van der Waals surface area contributed by atoms with Crippen molar-refractivity contribution in [3.63, 3.8) is 0 Å². The highest BCUT2D eigenvalue weighted by atomic mass is 16.5. The third kappa shape index (κ3) is 3.47. The molecule has 0 aliphatic carbocycles. The first kappa shape index (κ1) is 13.0. The summed E-state index contributed by atoms with van der Waals surface area (Å²) in [5, 5.41) is 20.4. The van der Waals surface area contributed by atoms with Gasteiger partial charge in [0.2, 0.25) is 0 Å². The van der Waals surface area contributed by atoms with Crippen LogP contribution in [0.25, 0.3) is 0 Å². The number of carbonyl (C=O) groups is 1. The van der Waals surface area contributed by atoms with Gasteiger partial charge in [0.15, 0.2) is 0 Å². The van der Waals surface area contributed by atoms with Crippen LogP contribution in [-0.4, -0.2) is 24.2 Å². The van der Waals surface area contributed by atoms with Crippen molar-refractivity contribution in [2.75, 3.05) is 7.11 Å². The van der Waals surface area contributed by atoms with E-state index >= 15 is 0 Å². The maximum absolute atomic E-state index is 10.6. The molecule has 0 aliphatic rings. The van der Waals surface area contributed by atoms with E-state index < -0.39 is 12.0 Å². The van der Waals surface area contributed by atoms with Gasteiger partial charge in [0.05, 0.1) is 12.7 Å². The van der Waals surface area contributed by atoms with Crippen molar-refractivity contribution in [2.24, 2.45) is 0 Å². The van der Waals surface area contributed by atoms with E-state index in [0.29, 0.717) is 17.9 Å². The molecule has 17 heavy (non-hydrogen) atoms. The van der Waals surface area contributed by atoms with E-state index in [1.54, 1.807) is 25.1 Å². The number of nitriles is 1. The van der Waals surface area contributed by atoms with Crippen LogP contribution in [-0.2, 0) is 11.3 Å². The second-order valence-corrected chi connectivity index (χ2v) is 3.59. The number of hydrogen-bond donors (Lipinski definition) is 2. The summed E-state index contributed by atoms with van der Waals surface area (Å²) in [7, 11) is 1.49. The van der Waals surface area contributed by atoms with Crippen LogP contribution in [0.1, 0.15) is 18.1 Å². The van der Waals surface area contributed by atoms with Crippen molar-refractivity contribution >= 4 is 5.97 Å². The molecule has 0 saturated carbocycles. The SMILES string of the molecule is COc1cc(CN[C@@H](C)C(=O)O)ccc1C#N. The molecule has 0 unspecified atom stereocenters. The van der Waals surface area contributed by atoms with Crippen LogP contribution in [0.15, 0.2) is 18.2 Å². The first-order chi connectivity index (χ1) is 8.08. The molecule has 0 amide bonds. The Labute approximate surface area is 99.6 Å². The van der Waals surface area contributed by atoms with Crippen molar-refractivity contribution in [3.05, 3.63) is 29.3 Å². The Morgan fingerprint density at radius 2 is 2.35 bits per heavy atom. The summed E-state index contributed by atoms with van der Waals surface area (Å²) in [6, 6.07) is 6.55. The Hall–Kier alpha value is -2.06. The van der Waals surface area contributed by atoms with E-state index in [1.807, 2.05) is 6.07 Å². The average Bonchev–Trinajstić information content (AvgIpc) is 2.35. The fraction of sp³-hybridized carbons (Fsp3) is 0.333. The normalized spacial score (nSPS) is 11.6. The lowest BCUT2D eigenvalue weighted by Crippen LogP contribution is -2.33. The van der Waals surface area contributed by atoms with E-state index in [1.165, 1.54) is 7.11 Å². The van der Waals surface area contributed by atoms with E-state index in [4.69, 9.17) is 15.1 Å². The van der Waals surface area contributed by atoms with Crippen molar-refractivity contribution in [1.29, 1.82) is 5.26 Å². The molecule has 5 nitrogen and oxygen atoms in total. The molecule has 1 aromatic rings. The van der Waals surface area contributed by atoms with Crippen LogP contribution in [0.4, 0.5) is 0 Å². The molecule has 0 spiro atoms. The molecule has 0 radical (unpaired) electrons. The summed E-state index contributed by atoms with van der Waals surface area (Å²) in [5.41, 5.74) is 1.33. The molecule has 0 saturated heterocycles. The molecular weight excluding hydrogens is 220 g/mol. The Morgan fingerprint density at radius 3 is 2.88 bits per heavy atom. The number of ether oxygens (including phenoxy) is 1. The number of rotatable bonds is 5. The highest BCUT2D eigenvalue weighted by molar-refractivity contribution is 5.72. The van der Waals surface area contributed by atoms with Crippen LogP contribution in [0.3, 0.4) is 0 Å². The number of aliphatic carboxylic acids is 1. The van der Waals surface area contributed by atoms with Gasteiger partial charge in [0, 0.05) is 6.54 Å². The van der Waals surface area contributed by atoms with Gasteiger partial charge in [-0.1, -0.05) is 6.07 Å². The molecular formula is C12H14N2O3. The van der Waals surface area contributed by atoms with Gasteiger partial charge >= 0.3 is 5.97 Å². The zero-order valence-corrected chi connectivity index (χ0v) is 9.73. The molecule has 0 aliphatic heterocycles. The molecule has 2 N–H and O–H groups in total. The molecule has 0 fully saturated rings. The highest BCUT2D eigenvalue weighted by Crippen LogP contribution is 2.19. The number of nitrogens with zero attached hydrogens (tertiary/aromatic N) is 1. The summed E-state index contributed by atoms with van der Waals surface area (Å²) in [4.78, 5) is 10.6. The Kier molecular flexibility index (Phi) is 4.49. The molecule has 0 aromatic heterocycles. The van der Waals surface area contributed by atoms with Crippen LogP contribution >= 0.6 is 0 Å². The lowest BCUT2D eigenvalue weighted by atomic mass is 10.1. The van der Waals surface area contributed by atoms with Crippen LogP contribution in [0, 0.1) is 11.3 Å². The fourth-order valence-corrected chi connectivity index (χ4v) is 1.30. The minimum atomic E-state index is -0.898. The third-order valence-electron chi connectivity index (χ3n) is 2.37. The molecule has 1 atom stereocenters. The quantitative estimate of drug-likeness (QED) is 0.798. The topological polar surface area (TPSA) is 82.3 Å². The van der Waals surface area contributed by atoms with Crippen LogP contribution in [0.2, 0.25) is 0 Å². The maximum atomic E-state index is 10.6. The van der Waals surface area contributed by atoms with Gasteiger partial charge in [-0.25, -0.2) is 0 Å². The first-order valence-electron chi connectivity index (χ1n) is 5.11. The monoisotopic (exact) mass is 234 g/mol. The predicted octanol–water partition coefficient (Wildman–Crippen LogP) is 1.13. The molecule has 90 valence electrons. The Balaban J connectivity index is 2.74. The highest BCUT2D eigenvalue weighted by Gasteiger charge is 2.10. The molecule has 1 aromatic carbocycles. The van der Waals surface area contributed by atoms with Crippen LogP contribution < -0.4 is 10.1 Å². The summed E-state index contributed by atoms with van der Waals surface area (Å²) in [6.45, 7) is 1.98. The summed E-state index contributed by atoms with van der Waals surface area (Å²) in [5.74, 6) is -0.402. The number of methoxy groups -OCH3 is 1. The number of carboxylic acid groups (broad SMARTS) is 1. The van der Waals surface area contributed by atoms with E-state index in [9.17, 15) is 4.79 Å². The van der Waals surface area contributed by atoms with Gasteiger partial charge in [-0.3, -0.25) is 4.79 Å². The van der Waals surface area contributed by atoms with Gasteiger partial charge in [0.1, 0.15) is 17.9 Å². The number of hydrogen-bond acceptors (Lipinski definition) is 4. The minimum absolute atomic E-state index is 0.412. The van der Waals surface area contributed by atoms with Crippen molar-refractivity contribution in [1.82, 2.24) is 5.32 Å². The zero-order chi connectivity index (χ0) is 12.8. The van der Waals surface area contributed by atoms with Crippen molar-refractivity contribution in [3.8, 4) is 11.8 Å². The number of carboxylic acids is 1. The van der Waals surface area contributed by atoms with Gasteiger partial charge in [0.25, 0.3) is 0 Å². The summed E-state index contributed by atoms with van der Waals surface area (Å²) >= 11 is 0. The Morgan fingerprint density at radius 1 is 1.65 bits per heavy atom. The van der Waals surface area contributed by atoms with Gasteiger partial charge < -0.3 is 15.2 Å².